The molecule has 0 unspecified atom stereocenters. The number of hydrogen-bond donors (Lipinski definition) is 2. The average Bonchev–Trinajstić information content (AvgIpc) is 2.59. The van der Waals surface area contributed by atoms with Crippen LogP contribution in [-0.4, -0.2) is 16.8 Å². The van der Waals surface area contributed by atoms with Gasteiger partial charge >= 0.3 is 0 Å². The molecule has 2 aromatic carbocycles. The van der Waals surface area contributed by atoms with Gasteiger partial charge in [0.15, 0.2) is 0 Å². The van der Waals surface area contributed by atoms with Crippen molar-refractivity contribution in [2.24, 2.45) is 0 Å². The van der Waals surface area contributed by atoms with Gasteiger partial charge in [0.2, 0.25) is 0 Å². The zero-order chi connectivity index (χ0) is 18.0. The molecule has 1 aromatic heterocycles. The largest absolute Gasteiger partial charge is 0.270 e. The number of fused-ring (bicyclic) bond motifs is 1. The van der Waals surface area contributed by atoms with Gasteiger partial charge in [-0.05, 0) is 56.3 Å². The third-order valence-corrected chi connectivity index (χ3v) is 4.26. The van der Waals surface area contributed by atoms with E-state index in [-0.39, 0.29) is 11.8 Å². The van der Waals surface area contributed by atoms with Gasteiger partial charge in [0, 0.05) is 21.1 Å². The van der Waals surface area contributed by atoms with Crippen molar-refractivity contribution in [2.45, 2.75) is 13.8 Å². The molecule has 2 N–H and O–H groups in total. The van der Waals surface area contributed by atoms with Crippen LogP contribution in [0.15, 0.2) is 53.0 Å². The molecule has 0 bridgehead atoms. The number of aromatic nitrogens is 1. The van der Waals surface area contributed by atoms with Crippen molar-refractivity contribution in [1.82, 2.24) is 15.8 Å². The van der Waals surface area contributed by atoms with Crippen molar-refractivity contribution in [2.75, 3.05) is 0 Å². The Bertz CT molecular complexity index is 968. The lowest BCUT2D eigenvalue weighted by Gasteiger charge is -2.11. The number of nitrogens with one attached hydrogen (secondary N) is 2. The summed E-state index contributed by atoms with van der Waals surface area (Å²) in [5.41, 5.74) is 8.36. The van der Waals surface area contributed by atoms with Crippen LogP contribution >= 0.6 is 15.9 Å². The Morgan fingerprint density at radius 1 is 0.920 bits per heavy atom. The smallest absolute Gasteiger partial charge is 0.267 e. The summed E-state index contributed by atoms with van der Waals surface area (Å²) in [5.74, 6) is -0.765. The van der Waals surface area contributed by atoms with E-state index in [9.17, 15) is 9.59 Å². The van der Waals surface area contributed by atoms with Gasteiger partial charge in [-0.2, -0.15) is 0 Å². The predicted molar refractivity (Wildman–Crippen MR) is 100 cm³/mol. The molecular formula is C19H16BrN3O2. The molecule has 0 saturated heterocycles. The third kappa shape index (κ3) is 3.85. The highest BCUT2D eigenvalue weighted by atomic mass is 79.9. The fourth-order valence-corrected chi connectivity index (χ4v) is 2.78. The Morgan fingerprint density at radius 2 is 1.60 bits per heavy atom. The molecule has 6 heteroatoms. The topological polar surface area (TPSA) is 71.1 Å². The molecule has 2 amide bonds. The molecule has 0 aliphatic carbocycles. The van der Waals surface area contributed by atoms with Gasteiger partial charge in [-0.1, -0.05) is 27.6 Å². The van der Waals surface area contributed by atoms with Gasteiger partial charge < -0.3 is 0 Å². The predicted octanol–water partition coefficient (Wildman–Crippen LogP) is 3.69. The maximum atomic E-state index is 12.6. The minimum absolute atomic E-state index is 0.382. The molecule has 5 nitrogen and oxygen atoms in total. The third-order valence-electron chi connectivity index (χ3n) is 3.73. The first-order valence-corrected chi connectivity index (χ1v) is 8.47. The minimum Gasteiger partial charge on any atom is -0.267 e. The van der Waals surface area contributed by atoms with E-state index in [1.165, 1.54) is 0 Å². The fourth-order valence-electron chi connectivity index (χ4n) is 2.51. The van der Waals surface area contributed by atoms with E-state index < -0.39 is 0 Å². The maximum Gasteiger partial charge on any atom is 0.270 e. The van der Waals surface area contributed by atoms with E-state index in [0.717, 1.165) is 26.6 Å². The van der Waals surface area contributed by atoms with E-state index in [1.807, 2.05) is 32.0 Å². The van der Waals surface area contributed by atoms with Gasteiger partial charge in [-0.25, -0.2) is 0 Å². The van der Waals surface area contributed by atoms with Crippen molar-refractivity contribution in [3.8, 4) is 0 Å². The minimum atomic E-state index is -0.383. The molecule has 0 spiro atoms. The first-order chi connectivity index (χ1) is 11.9. The quantitative estimate of drug-likeness (QED) is 0.647. The molecule has 0 aliphatic rings. The number of amides is 2. The number of rotatable bonds is 2. The summed E-state index contributed by atoms with van der Waals surface area (Å²) >= 11 is 3.32. The number of benzene rings is 2. The van der Waals surface area contributed by atoms with Crippen LogP contribution < -0.4 is 10.9 Å². The van der Waals surface area contributed by atoms with E-state index >= 15 is 0 Å². The van der Waals surface area contributed by atoms with Gasteiger partial charge in [0.1, 0.15) is 0 Å². The summed E-state index contributed by atoms with van der Waals surface area (Å²) < 4.78 is 0.877. The lowest BCUT2D eigenvalue weighted by atomic mass is 10.0. The Morgan fingerprint density at radius 3 is 2.32 bits per heavy atom. The highest BCUT2D eigenvalue weighted by Gasteiger charge is 2.13. The molecule has 0 atom stereocenters. The Labute approximate surface area is 153 Å². The molecule has 0 radical (unpaired) electrons. The normalized spacial score (nSPS) is 10.5. The summed E-state index contributed by atoms with van der Waals surface area (Å²) in [4.78, 5) is 29.1. The molecule has 0 aliphatic heterocycles. The number of aryl methyl sites for hydroxylation is 2. The maximum absolute atomic E-state index is 12.6. The summed E-state index contributed by atoms with van der Waals surface area (Å²) in [7, 11) is 0. The molecule has 3 rings (SSSR count). The van der Waals surface area contributed by atoms with Crippen LogP contribution in [0.25, 0.3) is 10.9 Å². The van der Waals surface area contributed by atoms with Crippen molar-refractivity contribution >= 4 is 38.6 Å². The number of carbonyl (C=O) groups is 2. The summed E-state index contributed by atoms with van der Waals surface area (Å²) in [6, 6.07) is 14.3. The van der Waals surface area contributed by atoms with E-state index in [4.69, 9.17) is 0 Å². The number of halogens is 1. The summed E-state index contributed by atoms with van der Waals surface area (Å²) in [5, 5.41) is 0.751. The van der Waals surface area contributed by atoms with Crippen LogP contribution in [0.1, 0.15) is 32.0 Å². The van der Waals surface area contributed by atoms with Crippen LogP contribution in [0.2, 0.25) is 0 Å². The van der Waals surface area contributed by atoms with E-state index in [1.54, 1.807) is 30.3 Å². The van der Waals surface area contributed by atoms with Crippen molar-refractivity contribution < 1.29 is 9.59 Å². The fraction of sp³-hybridized carbons (Fsp3) is 0.105. The second kappa shape index (κ2) is 7.03. The molecule has 0 fully saturated rings. The number of hydrazine groups is 1. The average molecular weight is 398 g/mol. The number of pyridine rings is 1. The van der Waals surface area contributed by atoms with Gasteiger partial charge in [-0.3, -0.25) is 25.4 Å². The summed E-state index contributed by atoms with van der Waals surface area (Å²) in [6.07, 6.45) is 0. The Kier molecular flexibility index (Phi) is 4.81. The Hall–Kier alpha value is -2.73. The Balaban J connectivity index is 1.81. The molecule has 3 aromatic rings. The van der Waals surface area contributed by atoms with Crippen molar-refractivity contribution in [3.63, 3.8) is 0 Å². The second-order valence-corrected chi connectivity index (χ2v) is 6.66. The van der Waals surface area contributed by atoms with E-state index in [2.05, 4.69) is 31.8 Å². The lowest BCUT2D eigenvalue weighted by molar-refractivity contribution is 0.0847. The molecule has 0 saturated carbocycles. The number of hydrogen-bond acceptors (Lipinski definition) is 3. The lowest BCUT2D eigenvalue weighted by Crippen LogP contribution is -2.41. The van der Waals surface area contributed by atoms with Gasteiger partial charge in [-0.15, -0.1) is 0 Å². The highest BCUT2D eigenvalue weighted by molar-refractivity contribution is 9.10. The summed E-state index contributed by atoms with van der Waals surface area (Å²) in [6.45, 7) is 3.78. The van der Waals surface area contributed by atoms with Crippen LogP contribution in [0.5, 0.6) is 0 Å². The van der Waals surface area contributed by atoms with Crippen LogP contribution in [0, 0.1) is 13.8 Å². The van der Waals surface area contributed by atoms with Gasteiger partial charge in [0.25, 0.3) is 11.8 Å². The monoisotopic (exact) mass is 397 g/mol. The molecule has 1 heterocycles. The number of carbonyl (C=O) groups excluding carboxylic acids is 2. The molecular weight excluding hydrogens is 382 g/mol. The standard InChI is InChI=1S/C19H16BrN3O2/c1-11-3-8-17-15(9-11)16(10-12(2)21-17)19(25)23-22-18(24)13-4-6-14(20)7-5-13/h3-10H,1-2H3,(H,22,24)(H,23,25). The second-order valence-electron chi connectivity index (χ2n) is 5.75. The van der Waals surface area contributed by atoms with E-state index in [0.29, 0.717) is 11.1 Å². The van der Waals surface area contributed by atoms with Gasteiger partial charge in [0.05, 0.1) is 11.1 Å². The van der Waals surface area contributed by atoms with Crippen LogP contribution in [0.3, 0.4) is 0 Å². The van der Waals surface area contributed by atoms with Crippen LogP contribution in [-0.2, 0) is 0 Å². The van der Waals surface area contributed by atoms with Crippen molar-refractivity contribution in [3.05, 3.63) is 75.4 Å². The highest BCUT2D eigenvalue weighted by Crippen LogP contribution is 2.20. The first kappa shape index (κ1) is 17.1. The van der Waals surface area contributed by atoms with Crippen molar-refractivity contribution in [1.29, 1.82) is 0 Å². The first-order valence-electron chi connectivity index (χ1n) is 7.68. The molecule has 126 valence electrons. The zero-order valence-electron chi connectivity index (χ0n) is 13.8. The zero-order valence-corrected chi connectivity index (χ0v) is 15.3. The van der Waals surface area contributed by atoms with Crippen LogP contribution in [0.4, 0.5) is 0 Å². The SMILES string of the molecule is Cc1ccc2nc(C)cc(C(=O)NNC(=O)c3ccc(Br)cc3)c2c1. The number of nitrogens with zero attached hydrogens (tertiary/aromatic N) is 1. The molecule has 25 heavy (non-hydrogen) atoms.